The van der Waals surface area contributed by atoms with Gasteiger partial charge in [-0.3, -0.25) is 0 Å². The van der Waals surface area contributed by atoms with Crippen LogP contribution in [-0.4, -0.2) is 20.3 Å². The van der Waals surface area contributed by atoms with Crippen molar-refractivity contribution in [1.82, 2.24) is 0 Å². The van der Waals surface area contributed by atoms with E-state index in [9.17, 15) is 0 Å². The van der Waals surface area contributed by atoms with Gasteiger partial charge in [0.2, 0.25) is 0 Å². The molecule has 1 aromatic carbocycles. The third-order valence-electron chi connectivity index (χ3n) is 4.15. The lowest BCUT2D eigenvalue weighted by atomic mass is 9.70. The summed E-state index contributed by atoms with van der Waals surface area (Å²) in [5, 5.41) is 3.66. The lowest BCUT2D eigenvalue weighted by Crippen LogP contribution is -2.35. The molecule has 1 aliphatic rings. The van der Waals surface area contributed by atoms with Gasteiger partial charge in [-0.15, -0.1) is 0 Å². The highest BCUT2D eigenvalue weighted by molar-refractivity contribution is 5.60. The summed E-state index contributed by atoms with van der Waals surface area (Å²) in [5.41, 5.74) is 1.43. The molecule has 2 unspecified atom stereocenters. The number of hydrogen-bond donors (Lipinski definition) is 1. The molecule has 1 aromatic rings. The predicted molar refractivity (Wildman–Crippen MR) is 83.8 cm³/mol. The lowest BCUT2D eigenvalue weighted by molar-refractivity contribution is 0.177. The number of methoxy groups -OCH3 is 2. The third kappa shape index (κ3) is 3.59. The molecule has 0 aromatic heterocycles. The van der Waals surface area contributed by atoms with Crippen LogP contribution in [0, 0.1) is 11.3 Å². The first-order chi connectivity index (χ1) is 9.43. The maximum atomic E-state index is 5.45. The van der Waals surface area contributed by atoms with Gasteiger partial charge in [0.05, 0.1) is 19.9 Å². The van der Waals surface area contributed by atoms with Crippen LogP contribution in [-0.2, 0) is 0 Å². The molecule has 0 amide bonds. The number of benzene rings is 1. The average molecular weight is 277 g/mol. The fraction of sp³-hybridized carbons (Fsp3) is 0.647. The van der Waals surface area contributed by atoms with Crippen molar-refractivity contribution in [3.05, 3.63) is 18.2 Å². The molecule has 3 nitrogen and oxygen atoms in total. The molecular formula is C17H27NO2. The van der Waals surface area contributed by atoms with E-state index < -0.39 is 0 Å². The molecule has 1 fully saturated rings. The summed E-state index contributed by atoms with van der Waals surface area (Å²) in [6.45, 7) is 7.07. The first kappa shape index (κ1) is 15.0. The van der Waals surface area contributed by atoms with E-state index in [1.54, 1.807) is 14.2 Å². The lowest BCUT2D eigenvalue weighted by Gasteiger charge is -2.39. The molecule has 3 heteroatoms. The highest BCUT2D eigenvalue weighted by Gasteiger charge is 2.32. The summed E-state index contributed by atoms with van der Waals surface area (Å²) >= 11 is 0. The number of rotatable bonds is 4. The van der Waals surface area contributed by atoms with Crippen LogP contribution in [0.15, 0.2) is 18.2 Å². The van der Waals surface area contributed by atoms with Crippen LogP contribution < -0.4 is 14.8 Å². The molecule has 0 saturated heterocycles. The Morgan fingerprint density at radius 2 is 1.90 bits per heavy atom. The van der Waals surface area contributed by atoms with Gasteiger partial charge in [-0.1, -0.05) is 20.8 Å². The smallest absolute Gasteiger partial charge is 0.142 e. The van der Waals surface area contributed by atoms with Crippen LogP contribution in [0.4, 0.5) is 5.69 Å². The van der Waals surface area contributed by atoms with Gasteiger partial charge in [-0.05, 0) is 42.7 Å². The Morgan fingerprint density at radius 1 is 1.15 bits per heavy atom. The molecule has 2 atom stereocenters. The standard InChI is InChI=1S/C17H27NO2/c1-12-8-13(11-17(2,3)10-12)18-15-9-14(19-4)6-7-16(15)20-5/h6-7,9,12-13,18H,8,10-11H2,1-5H3. The van der Waals surface area contributed by atoms with Crippen molar-refractivity contribution in [1.29, 1.82) is 0 Å². The fourth-order valence-corrected chi connectivity index (χ4v) is 3.60. The van der Waals surface area contributed by atoms with Gasteiger partial charge in [0, 0.05) is 12.1 Å². The van der Waals surface area contributed by atoms with Gasteiger partial charge in [0.25, 0.3) is 0 Å². The number of anilines is 1. The zero-order chi connectivity index (χ0) is 14.8. The zero-order valence-electron chi connectivity index (χ0n) is 13.3. The molecular weight excluding hydrogens is 250 g/mol. The first-order valence-corrected chi connectivity index (χ1v) is 7.42. The minimum Gasteiger partial charge on any atom is -0.497 e. The Kier molecular flexibility index (Phi) is 4.46. The Bertz CT molecular complexity index is 456. The van der Waals surface area contributed by atoms with Crippen LogP contribution in [0.25, 0.3) is 0 Å². The molecule has 1 saturated carbocycles. The highest BCUT2D eigenvalue weighted by Crippen LogP contribution is 2.40. The monoisotopic (exact) mass is 277 g/mol. The van der Waals surface area contributed by atoms with Crippen molar-refractivity contribution in [2.75, 3.05) is 19.5 Å². The van der Waals surface area contributed by atoms with Crippen LogP contribution >= 0.6 is 0 Å². The van der Waals surface area contributed by atoms with Gasteiger partial charge >= 0.3 is 0 Å². The van der Waals surface area contributed by atoms with Gasteiger partial charge < -0.3 is 14.8 Å². The normalized spacial score (nSPS) is 25.1. The Hall–Kier alpha value is -1.38. The molecule has 1 aliphatic carbocycles. The van der Waals surface area contributed by atoms with Crippen LogP contribution in [0.2, 0.25) is 0 Å². The average Bonchev–Trinajstić information content (AvgIpc) is 2.36. The molecule has 0 spiro atoms. The van der Waals surface area contributed by atoms with E-state index in [0.717, 1.165) is 23.1 Å². The number of hydrogen-bond acceptors (Lipinski definition) is 3. The van der Waals surface area contributed by atoms with E-state index in [1.807, 2.05) is 18.2 Å². The molecule has 1 N–H and O–H groups in total. The third-order valence-corrected chi connectivity index (χ3v) is 4.15. The van der Waals surface area contributed by atoms with E-state index in [-0.39, 0.29) is 0 Å². The Balaban J connectivity index is 2.16. The second-order valence-corrected chi connectivity index (χ2v) is 6.82. The van der Waals surface area contributed by atoms with Gasteiger partial charge in [0.1, 0.15) is 11.5 Å². The summed E-state index contributed by atoms with van der Waals surface area (Å²) in [7, 11) is 3.40. The molecule has 0 radical (unpaired) electrons. The zero-order valence-corrected chi connectivity index (χ0v) is 13.3. The quantitative estimate of drug-likeness (QED) is 0.888. The topological polar surface area (TPSA) is 30.5 Å². The van der Waals surface area contributed by atoms with Gasteiger partial charge in [-0.2, -0.15) is 0 Å². The number of ether oxygens (including phenoxy) is 2. The van der Waals surface area contributed by atoms with Crippen molar-refractivity contribution in [2.24, 2.45) is 11.3 Å². The van der Waals surface area contributed by atoms with E-state index >= 15 is 0 Å². The summed E-state index contributed by atoms with van der Waals surface area (Å²) < 4.78 is 10.8. The Morgan fingerprint density at radius 3 is 2.50 bits per heavy atom. The van der Waals surface area contributed by atoms with Crippen LogP contribution in [0.5, 0.6) is 11.5 Å². The second kappa shape index (κ2) is 5.94. The van der Waals surface area contributed by atoms with E-state index in [0.29, 0.717) is 11.5 Å². The van der Waals surface area contributed by atoms with Crippen LogP contribution in [0.3, 0.4) is 0 Å². The molecule has 112 valence electrons. The SMILES string of the molecule is COc1ccc(OC)c(NC2CC(C)CC(C)(C)C2)c1. The fourth-order valence-electron chi connectivity index (χ4n) is 3.60. The summed E-state index contributed by atoms with van der Waals surface area (Å²) in [6, 6.07) is 6.40. The molecule has 0 aliphatic heterocycles. The van der Waals surface area contributed by atoms with Gasteiger partial charge in [0.15, 0.2) is 0 Å². The number of nitrogens with one attached hydrogen (secondary N) is 1. The van der Waals surface area contributed by atoms with E-state index in [4.69, 9.17) is 9.47 Å². The van der Waals surface area contributed by atoms with E-state index in [1.165, 1.54) is 19.3 Å². The summed E-state index contributed by atoms with van der Waals surface area (Å²) in [4.78, 5) is 0. The second-order valence-electron chi connectivity index (χ2n) is 6.82. The summed E-state index contributed by atoms with van der Waals surface area (Å²) in [6.07, 6.45) is 3.71. The van der Waals surface area contributed by atoms with E-state index in [2.05, 4.69) is 26.1 Å². The predicted octanol–water partition coefficient (Wildman–Crippen LogP) is 4.33. The Labute approximate surface area is 122 Å². The highest BCUT2D eigenvalue weighted by atomic mass is 16.5. The van der Waals surface area contributed by atoms with Crippen molar-refractivity contribution in [3.8, 4) is 11.5 Å². The maximum Gasteiger partial charge on any atom is 0.142 e. The van der Waals surface area contributed by atoms with Gasteiger partial charge in [-0.25, -0.2) is 0 Å². The summed E-state index contributed by atoms with van der Waals surface area (Å²) in [5.74, 6) is 2.49. The molecule has 2 rings (SSSR count). The van der Waals surface area contributed by atoms with Crippen LogP contribution in [0.1, 0.15) is 40.0 Å². The maximum absolute atomic E-state index is 5.45. The van der Waals surface area contributed by atoms with Crippen molar-refractivity contribution in [2.45, 2.75) is 46.1 Å². The van der Waals surface area contributed by atoms with Crippen molar-refractivity contribution >= 4 is 5.69 Å². The minimum atomic E-state index is 0.404. The molecule has 20 heavy (non-hydrogen) atoms. The molecule has 0 heterocycles. The molecule has 0 bridgehead atoms. The van der Waals surface area contributed by atoms with Crippen molar-refractivity contribution < 1.29 is 9.47 Å². The minimum absolute atomic E-state index is 0.404. The first-order valence-electron chi connectivity index (χ1n) is 7.42. The largest absolute Gasteiger partial charge is 0.497 e. The van der Waals surface area contributed by atoms with Crippen molar-refractivity contribution in [3.63, 3.8) is 0 Å².